The molecule has 2 aliphatic carbocycles. The average molecular weight is 770 g/mol. The maximum atomic E-state index is 14.7. The molecule has 3 N–H and O–H groups in total. The van der Waals surface area contributed by atoms with Crippen molar-refractivity contribution < 1.29 is 32.3 Å². The van der Waals surface area contributed by atoms with E-state index in [9.17, 15) is 27.6 Å². The van der Waals surface area contributed by atoms with E-state index >= 15 is 0 Å². The van der Waals surface area contributed by atoms with E-state index in [1.54, 1.807) is 24.0 Å². The number of hydrogen-bond donors (Lipinski definition) is 3. The number of pyridine rings is 1. The molecule has 0 unspecified atom stereocenters. The number of carbonyl (C=O) groups is 4. The van der Waals surface area contributed by atoms with Crippen molar-refractivity contribution in [2.75, 3.05) is 6.54 Å². The van der Waals surface area contributed by atoms with Crippen molar-refractivity contribution in [2.24, 2.45) is 13.0 Å². The van der Waals surface area contributed by atoms with Crippen molar-refractivity contribution in [3.05, 3.63) is 66.4 Å². The number of nitrogens with zero attached hydrogens (tertiary/aromatic N) is 6. The highest BCUT2D eigenvalue weighted by Crippen LogP contribution is 2.46. The van der Waals surface area contributed by atoms with E-state index in [0.29, 0.717) is 43.1 Å². The monoisotopic (exact) mass is 769 g/mol. The van der Waals surface area contributed by atoms with Gasteiger partial charge in [-0.2, -0.15) is 10.1 Å². The summed E-state index contributed by atoms with van der Waals surface area (Å²) in [4.78, 5) is 70.9. The lowest BCUT2D eigenvalue weighted by atomic mass is 10.0. The van der Waals surface area contributed by atoms with Gasteiger partial charge in [0, 0.05) is 42.0 Å². The van der Waals surface area contributed by atoms with E-state index < -0.39 is 68.5 Å². The van der Waals surface area contributed by atoms with Crippen LogP contribution in [0.5, 0.6) is 5.88 Å². The Labute approximate surface area is 317 Å². The van der Waals surface area contributed by atoms with E-state index in [0.717, 1.165) is 29.3 Å². The van der Waals surface area contributed by atoms with Crippen molar-refractivity contribution in [3.63, 3.8) is 0 Å². The van der Waals surface area contributed by atoms with Crippen LogP contribution in [-0.2, 0) is 31.5 Å². The molecule has 3 aromatic heterocycles. The Bertz CT molecular complexity index is 2320. The minimum atomic E-state index is -3.90. The Kier molecular flexibility index (Phi) is 9.51. The Balaban J connectivity index is 1.12. The molecular formula is C38H43N9O7S. The lowest BCUT2D eigenvalue weighted by Gasteiger charge is -2.29. The van der Waals surface area contributed by atoms with Gasteiger partial charge in [0.05, 0.1) is 11.8 Å². The fourth-order valence-electron chi connectivity index (χ4n) is 7.66. The number of sulfonamides is 1. The summed E-state index contributed by atoms with van der Waals surface area (Å²) in [6.45, 7) is 1.79. The highest BCUT2D eigenvalue weighted by atomic mass is 32.2. The summed E-state index contributed by atoms with van der Waals surface area (Å²) in [5, 5.41) is 11.7. The Morgan fingerprint density at radius 2 is 1.85 bits per heavy atom. The predicted octanol–water partition coefficient (Wildman–Crippen LogP) is 2.37. The summed E-state index contributed by atoms with van der Waals surface area (Å²) >= 11 is 0. The Hall–Kier alpha value is -5.45. The molecule has 0 spiro atoms. The highest BCUT2D eigenvalue weighted by Gasteiger charge is 2.62. The van der Waals surface area contributed by atoms with E-state index in [1.807, 2.05) is 43.3 Å². The third-order valence-electron chi connectivity index (χ3n) is 11.1. The minimum absolute atomic E-state index is 0.0254. The number of benzene rings is 1. The van der Waals surface area contributed by atoms with E-state index in [2.05, 4.69) is 35.4 Å². The smallest absolute Gasteiger partial charge is 0.272 e. The summed E-state index contributed by atoms with van der Waals surface area (Å²) in [5.41, 5.74) is -0.160. The fraction of sp³-hybridized carbons (Fsp3) is 0.474. The second kappa shape index (κ2) is 14.3. The third-order valence-corrected chi connectivity index (χ3v) is 12.9. The number of aromatic nitrogens is 5. The normalized spacial score (nSPS) is 26.6. The lowest BCUT2D eigenvalue weighted by Crippen LogP contribution is -2.58. The third kappa shape index (κ3) is 7.24. The molecule has 1 saturated heterocycles. The number of hydrogen-bond acceptors (Lipinski definition) is 11. The zero-order chi connectivity index (χ0) is 38.5. The topological polar surface area (TPSA) is 207 Å². The number of carbonyl (C=O) groups excluding carboxylic acids is 4. The van der Waals surface area contributed by atoms with Gasteiger partial charge >= 0.3 is 0 Å². The first-order chi connectivity index (χ1) is 26.4. The molecule has 4 aromatic rings. The first kappa shape index (κ1) is 36.5. The molecule has 55 heavy (non-hydrogen) atoms. The maximum Gasteiger partial charge on any atom is 0.272 e. The lowest BCUT2D eigenvalue weighted by molar-refractivity contribution is -0.141. The zero-order valence-corrected chi connectivity index (χ0v) is 31.4. The number of rotatable bonds is 7. The van der Waals surface area contributed by atoms with Gasteiger partial charge in [-0.25, -0.2) is 18.4 Å². The van der Waals surface area contributed by atoms with Crippen molar-refractivity contribution in [2.45, 2.75) is 93.7 Å². The van der Waals surface area contributed by atoms with E-state index in [-0.39, 0.29) is 31.0 Å². The molecule has 1 aromatic carbocycles. The van der Waals surface area contributed by atoms with Gasteiger partial charge in [-0.15, -0.1) is 0 Å². The second-order valence-corrected chi connectivity index (χ2v) is 17.0. The maximum absolute atomic E-state index is 14.7. The Morgan fingerprint density at radius 1 is 1.05 bits per heavy atom. The van der Waals surface area contributed by atoms with E-state index in [4.69, 9.17) is 4.74 Å². The van der Waals surface area contributed by atoms with Crippen LogP contribution in [0.1, 0.15) is 74.0 Å². The van der Waals surface area contributed by atoms with Gasteiger partial charge in [0.15, 0.2) is 5.65 Å². The SMILES string of the molecule is Cc1cc(C(=O)N[C@H]2CCCCC/C=C\[C@H]3C[C@@]3(C(=O)NS(=O)(=O)C3CC3)NC(=O)[C@@H]3C[C@@H](Oc4nc5ncncc5c5ccccc45)CN3C2=O)nn1C. The van der Waals surface area contributed by atoms with Gasteiger partial charge in [0.1, 0.15) is 35.7 Å². The summed E-state index contributed by atoms with van der Waals surface area (Å²) < 4.78 is 36.1. The predicted molar refractivity (Wildman–Crippen MR) is 200 cm³/mol. The van der Waals surface area contributed by atoms with Crippen LogP contribution in [0.15, 0.2) is 55.0 Å². The molecule has 0 radical (unpaired) electrons. The number of aryl methyl sites for hydroxylation is 2. The van der Waals surface area contributed by atoms with E-state index in [1.165, 1.54) is 11.2 Å². The summed E-state index contributed by atoms with van der Waals surface area (Å²) in [5.74, 6) is -2.58. The van der Waals surface area contributed by atoms with Gasteiger partial charge in [-0.05, 0) is 63.0 Å². The van der Waals surface area contributed by atoms with Gasteiger partial charge in [0.2, 0.25) is 27.7 Å². The first-order valence-electron chi connectivity index (χ1n) is 18.8. The summed E-state index contributed by atoms with van der Waals surface area (Å²) in [6, 6.07) is 7.04. The summed E-state index contributed by atoms with van der Waals surface area (Å²) in [6.07, 6.45) is 10.5. The van der Waals surface area contributed by atoms with Gasteiger partial charge in [-0.1, -0.05) is 43.2 Å². The first-order valence-corrected chi connectivity index (χ1v) is 20.3. The van der Waals surface area contributed by atoms with Gasteiger partial charge in [0.25, 0.3) is 11.8 Å². The van der Waals surface area contributed by atoms with Gasteiger partial charge < -0.3 is 20.3 Å². The quantitative estimate of drug-likeness (QED) is 0.184. The molecule has 5 heterocycles. The molecule has 8 rings (SSSR count). The average Bonchev–Trinajstić information content (AvgIpc) is 4.07. The Morgan fingerprint density at radius 3 is 2.62 bits per heavy atom. The van der Waals surface area contributed by atoms with Crippen LogP contribution >= 0.6 is 0 Å². The number of ether oxygens (including phenoxy) is 1. The molecular weight excluding hydrogens is 727 g/mol. The molecule has 288 valence electrons. The fourth-order valence-corrected chi connectivity index (χ4v) is 9.03. The van der Waals surface area contributed by atoms with Crippen LogP contribution in [0.2, 0.25) is 0 Å². The van der Waals surface area contributed by atoms with Crippen molar-refractivity contribution in [1.82, 2.24) is 45.0 Å². The molecule has 17 heteroatoms. The minimum Gasteiger partial charge on any atom is -0.472 e. The molecule has 4 amide bonds. The molecule has 5 atom stereocenters. The number of amides is 4. The van der Waals surface area contributed by atoms with Crippen molar-refractivity contribution in [1.29, 1.82) is 0 Å². The molecule has 4 aliphatic rings. The largest absolute Gasteiger partial charge is 0.472 e. The van der Waals surface area contributed by atoms with Crippen molar-refractivity contribution in [3.8, 4) is 5.88 Å². The van der Waals surface area contributed by atoms with Crippen LogP contribution in [0, 0.1) is 12.8 Å². The number of nitrogens with one attached hydrogen (secondary N) is 3. The van der Waals surface area contributed by atoms with Gasteiger partial charge in [-0.3, -0.25) is 28.6 Å². The zero-order valence-electron chi connectivity index (χ0n) is 30.6. The van der Waals surface area contributed by atoms with Crippen LogP contribution in [0.4, 0.5) is 0 Å². The second-order valence-electron chi connectivity index (χ2n) is 15.0. The summed E-state index contributed by atoms with van der Waals surface area (Å²) in [7, 11) is -2.17. The van der Waals surface area contributed by atoms with Crippen LogP contribution in [0.3, 0.4) is 0 Å². The molecule has 3 fully saturated rings. The standard InChI is InChI=1S/C38H43N9O7S/c1-22-16-30(44-46(22)2)33(48)41-29-13-7-5-3-4-6-10-23-18-38(23,37(51)45-55(52,53)25-14-15-25)43-34(49)31-17-24(20-47(31)36(29)50)54-35-27-12-9-8-11-26(27)28-19-39-21-40-32(28)42-35/h6,8-12,16,19,21,23-25,29,31H,3-5,7,13-15,17-18,20H2,1-2H3,(H,41,48)(H,43,49)(H,45,51)/b10-6-/t23-,24+,29-,31-,38+/m0/s1. The number of allylic oxidation sites excluding steroid dienone is 1. The molecule has 2 aliphatic heterocycles. The van der Waals surface area contributed by atoms with Crippen LogP contribution in [0.25, 0.3) is 21.8 Å². The number of fused-ring (bicyclic) bond motifs is 5. The van der Waals surface area contributed by atoms with Crippen LogP contribution in [-0.4, -0.2) is 97.2 Å². The highest BCUT2D eigenvalue weighted by molar-refractivity contribution is 7.91. The molecule has 0 bridgehead atoms. The van der Waals surface area contributed by atoms with Crippen LogP contribution < -0.4 is 20.1 Å². The molecule has 2 saturated carbocycles. The molecule has 16 nitrogen and oxygen atoms in total. The van der Waals surface area contributed by atoms with Crippen molar-refractivity contribution >= 4 is 55.5 Å².